The van der Waals surface area contributed by atoms with Crippen molar-refractivity contribution in [2.45, 2.75) is 12.8 Å². The molecule has 0 unspecified atom stereocenters. The lowest BCUT2D eigenvalue weighted by Crippen LogP contribution is -2.16. The summed E-state index contributed by atoms with van der Waals surface area (Å²) in [6.45, 7) is 0. The molecule has 0 N–H and O–H groups in total. The van der Waals surface area contributed by atoms with Crippen LogP contribution in [0.1, 0.15) is 12.8 Å². The van der Waals surface area contributed by atoms with Crippen LogP contribution in [-0.4, -0.2) is 7.05 Å². The second-order valence-corrected chi connectivity index (χ2v) is 3.50. The molecule has 0 aromatic heterocycles. The Bertz CT molecular complexity index is 349. The molecule has 1 aliphatic rings. The normalized spacial score (nSPS) is 15.1. The smallest absolute Gasteiger partial charge is 0.0405 e. The maximum atomic E-state index is 2.28. The average Bonchev–Trinajstić information content (AvgIpc) is 2.30. The van der Waals surface area contributed by atoms with Crippen LogP contribution < -0.4 is 4.90 Å². The van der Waals surface area contributed by atoms with Crippen LogP contribution in [0.5, 0.6) is 0 Å². The van der Waals surface area contributed by atoms with E-state index in [1.54, 1.807) is 0 Å². The van der Waals surface area contributed by atoms with Crippen molar-refractivity contribution in [3.05, 3.63) is 54.3 Å². The summed E-state index contributed by atoms with van der Waals surface area (Å²) in [4.78, 5) is 2.25. The van der Waals surface area contributed by atoms with Crippen molar-refractivity contribution >= 4 is 5.69 Å². The molecule has 1 aromatic carbocycles. The van der Waals surface area contributed by atoms with Crippen LogP contribution in [-0.2, 0) is 0 Å². The molecule has 0 amide bonds. The number of para-hydroxylation sites is 1. The maximum absolute atomic E-state index is 2.28. The molecule has 0 atom stereocenters. The molecule has 0 fully saturated rings. The number of benzene rings is 1. The number of hydrogen-bond acceptors (Lipinski definition) is 1. The highest BCUT2D eigenvalue weighted by Gasteiger charge is 2.06. The second-order valence-electron chi connectivity index (χ2n) is 3.50. The first kappa shape index (κ1) is 9.07. The molecule has 72 valence electrons. The Morgan fingerprint density at radius 2 is 1.86 bits per heavy atom. The molecular formula is C13H15N. The number of nitrogens with zero attached hydrogens (tertiary/aromatic N) is 1. The van der Waals surface area contributed by atoms with Crippen molar-refractivity contribution in [3.8, 4) is 0 Å². The zero-order valence-electron chi connectivity index (χ0n) is 8.48. The topological polar surface area (TPSA) is 3.24 Å². The van der Waals surface area contributed by atoms with E-state index < -0.39 is 0 Å². The highest BCUT2D eigenvalue weighted by molar-refractivity contribution is 5.51. The van der Waals surface area contributed by atoms with Crippen LogP contribution in [0.2, 0.25) is 0 Å². The molecular weight excluding hydrogens is 170 g/mol. The maximum Gasteiger partial charge on any atom is 0.0405 e. The van der Waals surface area contributed by atoms with Crippen molar-refractivity contribution < 1.29 is 0 Å². The van der Waals surface area contributed by atoms with E-state index in [1.807, 2.05) is 6.07 Å². The molecule has 0 radical (unpaired) electrons. The van der Waals surface area contributed by atoms with E-state index >= 15 is 0 Å². The minimum atomic E-state index is 1.05. The molecule has 1 aliphatic carbocycles. The summed E-state index contributed by atoms with van der Waals surface area (Å²) in [7, 11) is 2.13. The Morgan fingerprint density at radius 3 is 2.50 bits per heavy atom. The second kappa shape index (κ2) is 4.14. The van der Waals surface area contributed by atoms with Gasteiger partial charge in [-0.25, -0.2) is 0 Å². The van der Waals surface area contributed by atoms with E-state index in [1.165, 1.54) is 11.4 Å². The van der Waals surface area contributed by atoms with Gasteiger partial charge in [-0.2, -0.15) is 0 Å². The molecule has 1 nitrogen and oxygen atoms in total. The molecule has 0 aliphatic heterocycles. The summed E-state index contributed by atoms with van der Waals surface area (Å²) < 4.78 is 0. The first-order chi connectivity index (χ1) is 6.88. The predicted octanol–water partition coefficient (Wildman–Crippen LogP) is 3.36. The monoisotopic (exact) mass is 185 g/mol. The summed E-state index contributed by atoms with van der Waals surface area (Å²) in [5, 5.41) is 0. The Kier molecular flexibility index (Phi) is 2.68. The average molecular weight is 185 g/mol. The fraction of sp³-hybridized carbons (Fsp3) is 0.231. The van der Waals surface area contributed by atoms with Crippen molar-refractivity contribution in [1.82, 2.24) is 0 Å². The fourth-order valence-electron chi connectivity index (χ4n) is 1.68. The molecule has 0 bridgehead atoms. The lowest BCUT2D eigenvalue weighted by Gasteiger charge is -2.23. The molecule has 0 saturated carbocycles. The molecule has 1 aromatic rings. The standard InChI is InChI=1S/C13H15N/c1-14(12-8-4-2-5-9-12)13-10-6-3-7-11-13/h2-6,8-9,11H,7,10H2,1H3. The minimum absolute atomic E-state index is 1.05. The zero-order chi connectivity index (χ0) is 9.80. The Hall–Kier alpha value is -1.50. The van der Waals surface area contributed by atoms with Gasteiger partial charge in [0.1, 0.15) is 0 Å². The van der Waals surface area contributed by atoms with Crippen LogP contribution in [0.25, 0.3) is 0 Å². The minimum Gasteiger partial charge on any atom is -0.348 e. The summed E-state index contributed by atoms with van der Waals surface area (Å²) >= 11 is 0. The predicted molar refractivity (Wildman–Crippen MR) is 61.3 cm³/mol. The third-order valence-corrected chi connectivity index (χ3v) is 2.56. The molecule has 1 heteroatoms. The molecule has 2 rings (SSSR count). The van der Waals surface area contributed by atoms with Crippen molar-refractivity contribution in [1.29, 1.82) is 0 Å². The third kappa shape index (κ3) is 1.87. The molecule has 14 heavy (non-hydrogen) atoms. The summed E-state index contributed by atoms with van der Waals surface area (Å²) in [6, 6.07) is 10.5. The zero-order valence-corrected chi connectivity index (χ0v) is 8.48. The Balaban J connectivity index is 2.16. The van der Waals surface area contributed by atoms with Crippen molar-refractivity contribution in [2.24, 2.45) is 0 Å². The number of rotatable bonds is 2. The number of anilines is 1. The summed E-state index contributed by atoms with van der Waals surface area (Å²) in [5.74, 6) is 0. The SMILES string of the molecule is CN(C1=CCC=CC1)c1ccccc1. The lowest BCUT2D eigenvalue weighted by atomic mass is 10.1. The molecule has 0 saturated heterocycles. The highest BCUT2D eigenvalue weighted by Crippen LogP contribution is 2.21. The van der Waals surface area contributed by atoms with E-state index in [0.717, 1.165) is 12.8 Å². The highest BCUT2D eigenvalue weighted by atomic mass is 15.1. The first-order valence-corrected chi connectivity index (χ1v) is 5.01. The first-order valence-electron chi connectivity index (χ1n) is 5.01. The largest absolute Gasteiger partial charge is 0.348 e. The quantitative estimate of drug-likeness (QED) is 0.639. The van der Waals surface area contributed by atoms with Gasteiger partial charge in [0.15, 0.2) is 0 Å². The Morgan fingerprint density at radius 1 is 1.07 bits per heavy atom. The van der Waals surface area contributed by atoms with Crippen molar-refractivity contribution in [2.75, 3.05) is 11.9 Å². The summed E-state index contributed by atoms with van der Waals surface area (Å²) in [6.07, 6.45) is 8.84. The van der Waals surface area contributed by atoms with E-state index in [-0.39, 0.29) is 0 Å². The lowest BCUT2D eigenvalue weighted by molar-refractivity contribution is 0.990. The van der Waals surface area contributed by atoms with Gasteiger partial charge in [-0.15, -0.1) is 0 Å². The van der Waals surface area contributed by atoms with Gasteiger partial charge < -0.3 is 4.90 Å². The van der Waals surface area contributed by atoms with E-state index in [4.69, 9.17) is 0 Å². The van der Waals surface area contributed by atoms with Crippen LogP contribution in [0, 0.1) is 0 Å². The van der Waals surface area contributed by atoms with Gasteiger partial charge in [0, 0.05) is 24.9 Å². The van der Waals surface area contributed by atoms with Gasteiger partial charge in [0.25, 0.3) is 0 Å². The van der Waals surface area contributed by atoms with Gasteiger partial charge in [-0.1, -0.05) is 36.4 Å². The van der Waals surface area contributed by atoms with Gasteiger partial charge in [-0.05, 0) is 18.6 Å². The van der Waals surface area contributed by atoms with Crippen LogP contribution >= 0.6 is 0 Å². The van der Waals surface area contributed by atoms with Gasteiger partial charge in [-0.3, -0.25) is 0 Å². The van der Waals surface area contributed by atoms with E-state index in [2.05, 4.69) is 54.4 Å². The van der Waals surface area contributed by atoms with Gasteiger partial charge in [0.05, 0.1) is 0 Å². The van der Waals surface area contributed by atoms with Crippen LogP contribution in [0.15, 0.2) is 54.3 Å². The number of allylic oxidation sites excluding steroid dienone is 3. The van der Waals surface area contributed by atoms with E-state index in [0.29, 0.717) is 0 Å². The molecule has 0 spiro atoms. The molecule has 0 heterocycles. The van der Waals surface area contributed by atoms with Crippen LogP contribution in [0.3, 0.4) is 0 Å². The van der Waals surface area contributed by atoms with E-state index in [9.17, 15) is 0 Å². The Labute approximate surface area is 85.4 Å². The van der Waals surface area contributed by atoms with Gasteiger partial charge >= 0.3 is 0 Å². The number of hydrogen-bond donors (Lipinski definition) is 0. The van der Waals surface area contributed by atoms with Crippen LogP contribution in [0.4, 0.5) is 5.69 Å². The summed E-state index contributed by atoms with van der Waals surface area (Å²) in [5.41, 5.74) is 2.65. The third-order valence-electron chi connectivity index (χ3n) is 2.56. The van der Waals surface area contributed by atoms with Crippen molar-refractivity contribution in [3.63, 3.8) is 0 Å². The van der Waals surface area contributed by atoms with Gasteiger partial charge in [0.2, 0.25) is 0 Å². The fourth-order valence-corrected chi connectivity index (χ4v) is 1.68.